The molecule has 48 heavy (non-hydrogen) atoms. The smallest absolute Gasteiger partial charge is 0.160 e. The van der Waals surface area contributed by atoms with Crippen molar-refractivity contribution in [2.45, 2.75) is 0 Å². The van der Waals surface area contributed by atoms with Crippen molar-refractivity contribution in [3.8, 4) is 78.4 Å². The molecule has 5 aromatic carbocycles. The second-order valence-electron chi connectivity index (χ2n) is 11.6. The molecule has 4 heteroatoms. The van der Waals surface area contributed by atoms with Crippen molar-refractivity contribution < 1.29 is 0 Å². The number of hydrogen-bond acceptors (Lipinski definition) is 4. The van der Waals surface area contributed by atoms with Crippen LogP contribution in [0.15, 0.2) is 183 Å². The van der Waals surface area contributed by atoms with Gasteiger partial charge in [0, 0.05) is 41.5 Å². The van der Waals surface area contributed by atoms with Crippen LogP contribution in [0.2, 0.25) is 0 Å². The van der Waals surface area contributed by atoms with E-state index in [1.165, 1.54) is 0 Å². The van der Waals surface area contributed by atoms with Crippen molar-refractivity contribution in [3.63, 3.8) is 0 Å². The first-order valence-electron chi connectivity index (χ1n) is 15.9. The first kappa shape index (κ1) is 28.9. The SMILES string of the molecule is c1ccc(-c2cc(-c3ccccc3)nc(-c3cc(-c4ccc(-c5cccnc5)cc4)cc(-c4ccc(-c5cccnc5)cc4)c3)n2)cc1. The lowest BCUT2D eigenvalue weighted by Gasteiger charge is -2.13. The Morgan fingerprint density at radius 2 is 0.646 bits per heavy atom. The van der Waals surface area contributed by atoms with Crippen molar-refractivity contribution in [2.75, 3.05) is 0 Å². The van der Waals surface area contributed by atoms with Gasteiger partial charge >= 0.3 is 0 Å². The van der Waals surface area contributed by atoms with E-state index in [4.69, 9.17) is 9.97 Å². The maximum Gasteiger partial charge on any atom is 0.160 e. The molecule has 0 aliphatic rings. The Bertz CT molecular complexity index is 2130. The molecular formula is C44H30N4. The highest BCUT2D eigenvalue weighted by Gasteiger charge is 2.14. The quantitative estimate of drug-likeness (QED) is 0.179. The summed E-state index contributed by atoms with van der Waals surface area (Å²) in [6.45, 7) is 0. The predicted molar refractivity (Wildman–Crippen MR) is 196 cm³/mol. The Labute approximate surface area is 280 Å². The average Bonchev–Trinajstić information content (AvgIpc) is 3.19. The Kier molecular flexibility index (Phi) is 7.87. The molecule has 8 aromatic rings. The highest BCUT2D eigenvalue weighted by Crippen LogP contribution is 2.35. The first-order valence-corrected chi connectivity index (χ1v) is 15.9. The number of hydrogen-bond donors (Lipinski definition) is 0. The molecule has 0 bridgehead atoms. The molecule has 3 aromatic heterocycles. The number of pyridine rings is 2. The molecule has 0 fully saturated rings. The fourth-order valence-electron chi connectivity index (χ4n) is 5.96. The van der Waals surface area contributed by atoms with E-state index >= 15 is 0 Å². The molecule has 0 N–H and O–H groups in total. The summed E-state index contributed by atoms with van der Waals surface area (Å²) in [4.78, 5) is 18.9. The fourth-order valence-corrected chi connectivity index (χ4v) is 5.96. The maximum absolute atomic E-state index is 5.15. The highest BCUT2D eigenvalue weighted by molar-refractivity contribution is 5.82. The van der Waals surface area contributed by atoms with Gasteiger partial charge in [0.1, 0.15) is 0 Å². The van der Waals surface area contributed by atoms with Crippen LogP contribution >= 0.6 is 0 Å². The van der Waals surface area contributed by atoms with Gasteiger partial charge in [0.05, 0.1) is 11.4 Å². The summed E-state index contributed by atoms with van der Waals surface area (Å²) in [6, 6.07) is 54.7. The minimum atomic E-state index is 0.678. The third-order valence-electron chi connectivity index (χ3n) is 8.48. The molecule has 0 aliphatic carbocycles. The largest absolute Gasteiger partial charge is 0.264 e. The van der Waals surface area contributed by atoms with Crippen LogP contribution in [0.5, 0.6) is 0 Å². The molecule has 0 aliphatic heterocycles. The topological polar surface area (TPSA) is 51.6 Å². The normalized spacial score (nSPS) is 10.9. The minimum Gasteiger partial charge on any atom is -0.264 e. The Morgan fingerprint density at radius 3 is 1.04 bits per heavy atom. The van der Waals surface area contributed by atoms with Crippen molar-refractivity contribution in [3.05, 3.63) is 183 Å². The average molecular weight is 615 g/mol. The van der Waals surface area contributed by atoms with Crippen molar-refractivity contribution >= 4 is 0 Å². The first-order chi connectivity index (χ1) is 23.8. The number of nitrogens with zero attached hydrogens (tertiary/aromatic N) is 4. The van der Waals surface area contributed by atoms with Gasteiger partial charge in [-0.15, -0.1) is 0 Å². The van der Waals surface area contributed by atoms with E-state index in [0.29, 0.717) is 5.82 Å². The molecule has 4 nitrogen and oxygen atoms in total. The second kappa shape index (κ2) is 13.1. The van der Waals surface area contributed by atoms with Crippen LogP contribution in [0, 0.1) is 0 Å². The van der Waals surface area contributed by atoms with E-state index in [1.54, 1.807) is 12.4 Å². The molecule has 0 saturated heterocycles. The van der Waals surface area contributed by atoms with Crippen molar-refractivity contribution in [2.24, 2.45) is 0 Å². The zero-order valence-corrected chi connectivity index (χ0v) is 26.1. The lowest BCUT2D eigenvalue weighted by atomic mass is 9.94. The van der Waals surface area contributed by atoms with E-state index < -0.39 is 0 Å². The van der Waals surface area contributed by atoms with Crippen LogP contribution in [0.1, 0.15) is 0 Å². The zero-order valence-electron chi connectivity index (χ0n) is 26.1. The summed E-state index contributed by atoms with van der Waals surface area (Å²) in [5, 5.41) is 0. The molecule has 0 spiro atoms. The molecular weight excluding hydrogens is 585 g/mol. The number of benzene rings is 5. The molecule has 8 rings (SSSR count). The Balaban J connectivity index is 1.28. The standard InChI is InChI=1S/C44H30N4/c1-3-9-35(10-4-1)42-28-43(36-11-5-2-6-12-36)48-44(47-42)41-26-39(33-19-15-31(16-20-33)37-13-7-23-45-29-37)25-40(27-41)34-21-17-32(18-22-34)38-14-8-24-46-30-38/h1-30H. The lowest BCUT2D eigenvalue weighted by molar-refractivity contribution is 1.18. The van der Waals surface area contributed by atoms with Crippen molar-refractivity contribution in [1.82, 2.24) is 19.9 Å². The van der Waals surface area contributed by atoms with E-state index in [9.17, 15) is 0 Å². The third kappa shape index (κ3) is 6.15. The predicted octanol–water partition coefficient (Wildman–Crippen LogP) is 10.9. The molecule has 3 heterocycles. The van der Waals surface area contributed by atoms with Crippen LogP contribution in [-0.4, -0.2) is 19.9 Å². The Morgan fingerprint density at radius 1 is 0.271 bits per heavy atom. The summed E-state index contributed by atoms with van der Waals surface area (Å²) in [5.41, 5.74) is 13.6. The van der Waals surface area contributed by atoms with Crippen LogP contribution in [0.4, 0.5) is 0 Å². The summed E-state index contributed by atoms with van der Waals surface area (Å²) >= 11 is 0. The van der Waals surface area contributed by atoms with E-state index in [2.05, 4.69) is 119 Å². The van der Waals surface area contributed by atoms with Gasteiger partial charge in [0.2, 0.25) is 0 Å². The van der Waals surface area contributed by atoms with E-state index in [0.717, 1.165) is 72.6 Å². The molecule has 0 atom stereocenters. The van der Waals surface area contributed by atoms with Crippen molar-refractivity contribution in [1.29, 1.82) is 0 Å². The van der Waals surface area contributed by atoms with Gasteiger partial charge < -0.3 is 0 Å². The number of rotatable bonds is 7. The monoisotopic (exact) mass is 614 g/mol. The molecule has 0 saturated carbocycles. The molecule has 226 valence electrons. The maximum atomic E-state index is 5.15. The fraction of sp³-hybridized carbons (Fsp3) is 0. The van der Waals surface area contributed by atoms with Crippen LogP contribution in [0.25, 0.3) is 78.4 Å². The molecule has 0 radical (unpaired) electrons. The molecule has 0 unspecified atom stereocenters. The van der Waals surface area contributed by atoms with Gasteiger partial charge in [0.25, 0.3) is 0 Å². The van der Waals surface area contributed by atoms with Gasteiger partial charge in [-0.3, -0.25) is 9.97 Å². The van der Waals surface area contributed by atoms with E-state index in [1.807, 2.05) is 60.9 Å². The summed E-state index contributed by atoms with van der Waals surface area (Å²) < 4.78 is 0. The lowest BCUT2D eigenvalue weighted by Crippen LogP contribution is -1.97. The summed E-state index contributed by atoms with van der Waals surface area (Å²) in [6.07, 6.45) is 7.38. The van der Waals surface area contributed by atoms with Crippen LogP contribution in [0.3, 0.4) is 0 Å². The van der Waals surface area contributed by atoms with Gasteiger partial charge in [-0.2, -0.15) is 0 Å². The minimum absolute atomic E-state index is 0.678. The highest BCUT2D eigenvalue weighted by atomic mass is 14.9. The van der Waals surface area contributed by atoms with Gasteiger partial charge in [-0.25, -0.2) is 9.97 Å². The second-order valence-corrected chi connectivity index (χ2v) is 11.6. The van der Waals surface area contributed by atoms with Gasteiger partial charge in [-0.05, 0) is 80.9 Å². The summed E-state index contributed by atoms with van der Waals surface area (Å²) in [7, 11) is 0. The molecule has 0 amide bonds. The zero-order chi connectivity index (χ0) is 32.1. The third-order valence-corrected chi connectivity index (χ3v) is 8.48. The Hall–Kier alpha value is -6.52. The number of aromatic nitrogens is 4. The van der Waals surface area contributed by atoms with Crippen LogP contribution in [-0.2, 0) is 0 Å². The summed E-state index contributed by atoms with van der Waals surface area (Å²) in [5.74, 6) is 0.678. The van der Waals surface area contributed by atoms with Gasteiger partial charge in [0.15, 0.2) is 5.82 Å². The van der Waals surface area contributed by atoms with E-state index in [-0.39, 0.29) is 0 Å². The van der Waals surface area contributed by atoms with Crippen LogP contribution < -0.4 is 0 Å². The van der Waals surface area contributed by atoms with Gasteiger partial charge in [-0.1, -0.05) is 121 Å².